The minimum atomic E-state index is -3.58. The second-order valence-electron chi connectivity index (χ2n) is 10.4. The van der Waals surface area contributed by atoms with Crippen LogP contribution in [-0.4, -0.2) is 83.8 Å². The Bertz CT molecular complexity index is 1380. The van der Waals surface area contributed by atoms with Gasteiger partial charge in [0.15, 0.2) is 14.9 Å². The van der Waals surface area contributed by atoms with Gasteiger partial charge in [-0.3, -0.25) is 4.68 Å². The summed E-state index contributed by atoms with van der Waals surface area (Å²) < 4.78 is 41.7. The van der Waals surface area contributed by atoms with Gasteiger partial charge >= 0.3 is 0 Å². The van der Waals surface area contributed by atoms with Crippen molar-refractivity contribution in [3.63, 3.8) is 0 Å². The number of sulfone groups is 1. The standard InChI is InChI=1S/C27H37FN6O3S/c1-18(2)34-17-22(27(31-34)38(5,36)37)26-19(3)16-29-25(30-26)15-20-6-7-24(23(28)14-20)33-10-8-21(9-11-33)32(4)12-13-35/h6-7,14,16-18,21,35H,8-13,15H2,1-5H3. The van der Waals surface area contributed by atoms with E-state index in [0.29, 0.717) is 41.8 Å². The molecule has 1 fully saturated rings. The summed E-state index contributed by atoms with van der Waals surface area (Å²) in [5.74, 6) is 0.191. The first-order chi connectivity index (χ1) is 18.0. The van der Waals surface area contributed by atoms with Crippen LogP contribution >= 0.6 is 0 Å². The number of nitrogens with zero attached hydrogens (tertiary/aromatic N) is 6. The molecule has 4 rings (SSSR count). The molecular formula is C27H37FN6O3S. The van der Waals surface area contributed by atoms with Gasteiger partial charge in [0, 0.05) is 56.8 Å². The second kappa shape index (κ2) is 11.5. The third kappa shape index (κ3) is 6.22. The predicted octanol–water partition coefficient (Wildman–Crippen LogP) is 3.26. The zero-order valence-electron chi connectivity index (χ0n) is 22.7. The van der Waals surface area contributed by atoms with Crippen LogP contribution in [-0.2, 0) is 16.3 Å². The average Bonchev–Trinajstić information content (AvgIpc) is 3.32. The quantitative estimate of drug-likeness (QED) is 0.438. The first-order valence-corrected chi connectivity index (χ1v) is 14.8. The number of aromatic nitrogens is 4. The van der Waals surface area contributed by atoms with Crippen LogP contribution in [0.5, 0.6) is 0 Å². The van der Waals surface area contributed by atoms with Crippen LogP contribution in [0.4, 0.5) is 10.1 Å². The van der Waals surface area contributed by atoms with Crippen LogP contribution in [0.25, 0.3) is 11.3 Å². The third-order valence-electron chi connectivity index (χ3n) is 7.11. The Labute approximate surface area is 224 Å². The van der Waals surface area contributed by atoms with Gasteiger partial charge in [-0.25, -0.2) is 22.8 Å². The molecule has 1 aromatic carbocycles. The van der Waals surface area contributed by atoms with Crippen LogP contribution in [0.3, 0.4) is 0 Å². The summed E-state index contributed by atoms with van der Waals surface area (Å²) in [7, 11) is -1.56. The fraction of sp³-hybridized carbons (Fsp3) is 0.519. The number of hydrogen-bond donors (Lipinski definition) is 1. The van der Waals surface area contributed by atoms with Crippen LogP contribution in [0.2, 0.25) is 0 Å². The van der Waals surface area contributed by atoms with E-state index in [1.54, 1.807) is 17.1 Å². The molecule has 3 aromatic rings. The van der Waals surface area contributed by atoms with Crippen molar-refractivity contribution in [2.24, 2.45) is 0 Å². The largest absolute Gasteiger partial charge is 0.395 e. The number of hydrogen-bond acceptors (Lipinski definition) is 8. The summed E-state index contributed by atoms with van der Waals surface area (Å²) in [4.78, 5) is 13.4. The molecule has 9 nitrogen and oxygen atoms in total. The highest BCUT2D eigenvalue weighted by atomic mass is 32.2. The zero-order chi connectivity index (χ0) is 27.6. The lowest BCUT2D eigenvalue weighted by Crippen LogP contribution is -2.44. The molecule has 0 radical (unpaired) electrons. The van der Waals surface area contributed by atoms with E-state index in [2.05, 4.69) is 24.9 Å². The number of aryl methyl sites for hydroxylation is 1. The number of aliphatic hydroxyl groups excluding tert-OH is 1. The molecule has 1 saturated heterocycles. The van der Waals surface area contributed by atoms with Crippen molar-refractivity contribution in [2.75, 3.05) is 44.4 Å². The summed E-state index contributed by atoms with van der Waals surface area (Å²) >= 11 is 0. The number of rotatable bonds is 9. The molecule has 0 aliphatic carbocycles. The summed E-state index contributed by atoms with van der Waals surface area (Å²) in [6.07, 6.45) is 6.66. The number of aliphatic hydroxyl groups is 1. The summed E-state index contributed by atoms with van der Waals surface area (Å²) in [5.41, 5.74) is 3.00. The predicted molar refractivity (Wildman–Crippen MR) is 146 cm³/mol. The smallest absolute Gasteiger partial charge is 0.195 e. The summed E-state index contributed by atoms with van der Waals surface area (Å²) in [6.45, 7) is 7.99. The molecule has 1 aliphatic rings. The molecule has 0 saturated carbocycles. The number of anilines is 1. The minimum Gasteiger partial charge on any atom is -0.395 e. The number of halogens is 1. The van der Waals surface area contributed by atoms with Gasteiger partial charge < -0.3 is 14.9 Å². The van der Waals surface area contributed by atoms with Gasteiger partial charge in [-0.05, 0) is 63.9 Å². The highest BCUT2D eigenvalue weighted by Gasteiger charge is 2.25. The van der Waals surface area contributed by atoms with Crippen LogP contribution in [0, 0.1) is 12.7 Å². The van der Waals surface area contributed by atoms with Crippen LogP contribution < -0.4 is 4.90 Å². The summed E-state index contributed by atoms with van der Waals surface area (Å²) in [5, 5.41) is 13.5. The van der Waals surface area contributed by atoms with Gasteiger partial charge in [-0.15, -0.1) is 0 Å². The van der Waals surface area contributed by atoms with Crippen molar-refractivity contribution in [1.29, 1.82) is 0 Å². The molecule has 38 heavy (non-hydrogen) atoms. The number of likely N-dealkylation sites (N-methyl/N-ethyl adjacent to an activating group) is 1. The fourth-order valence-electron chi connectivity index (χ4n) is 4.90. The molecule has 1 N–H and O–H groups in total. The third-order valence-corrected chi connectivity index (χ3v) is 8.11. The Morgan fingerprint density at radius 1 is 1.24 bits per heavy atom. The SMILES string of the molecule is Cc1cnc(Cc2ccc(N3CCC(N(C)CCO)CC3)c(F)c2)nc1-c1cn(C(C)C)nc1S(C)(=O)=O. The molecule has 0 amide bonds. The molecule has 3 heterocycles. The maximum Gasteiger partial charge on any atom is 0.195 e. The lowest BCUT2D eigenvalue weighted by Gasteiger charge is -2.37. The van der Waals surface area contributed by atoms with Crippen LogP contribution in [0.1, 0.15) is 49.7 Å². The highest BCUT2D eigenvalue weighted by molar-refractivity contribution is 7.90. The topological polar surface area (TPSA) is 104 Å². The first kappa shape index (κ1) is 28.1. The molecule has 206 valence electrons. The molecule has 1 aliphatic heterocycles. The van der Waals surface area contributed by atoms with Crippen molar-refractivity contribution in [2.45, 2.75) is 57.1 Å². The van der Waals surface area contributed by atoms with Crippen molar-refractivity contribution < 1.29 is 17.9 Å². The first-order valence-electron chi connectivity index (χ1n) is 12.9. The Morgan fingerprint density at radius 3 is 2.55 bits per heavy atom. The van der Waals surface area contributed by atoms with Gasteiger partial charge in [0.2, 0.25) is 0 Å². The van der Waals surface area contributed by atoms with Crippen molar-refractivity contribution in [3.8, 4) is 11.3 Å². The lowest BCUT2D eigenvalue weighted by atomic mass is 10.0. The van der Waals surface area contributed by atoms with E-state index in [-0.39, 0.29) is 23.5 Å². The Kier molecular flexibility index (Phi) is 8.49. The number of piperidine rings is 1. The van der Waals surface area contributed by atoms with Gasteiger partial charge in [-0.2, -0.15) is 5.10 Å². The number of benzene rings is 1. The minimum absolute atomic E-state index is 0.0133. The molecule has 11 heteroatoms. The molecule has 0 unspecified atom stereocenters. The second-order valence-corrected chi connectivity index (χ2v) is 12.3. The Balaban J connectivity index is 1.54. The van der Waals surface area contributed by atoms with E-state index < -0.39 is 9.84 Å². The van der Waals surface area contributed by atoms with E-state index in [0.717, 1.165) is 43.3 Å². The molecule has 0 spiro atoms. The normalized spacial score (nSPS) is 15.1. The van der Waals surface area contributed by atoms with E-state index >= 15 is 4.39 Å². The monoisotopic (exact) mass is 544 g/mol. The van der Waals surface area contributed by atoms with E-state index in [1.807, 2.05) is 40.0 Å². The van der Waals surface area contributed by atoms with Gasteiger partial charge in [-0.1, -0.05) is 6.07 Å². The van der Waals surface area contributed by atoms with Gasteiger partial charge in [0.25, 0.3) is 0 Å². The highest BCUT2D eigenvalue weighted by Crippen LogP contribution is 2.30. The van der Waals surface area contributed by atoms with Crippen molar-refractivity contribution in [3.05, 3.63) is 53.4 Å². The molecule has 0 atom stereocenters. The molecule has 0 bridgehead atoms. The van der Waals surface area contributed by atoms with Gasteiger partial charge in [0.05, 0.1) is 23.6 Å². The van der Waals surface area contributed by atoms with Gasteiger partial charge in [0.1, 0.15) is 11.6 Å². The zero-order valence-corrected chi connectivity index (χ0v) is 23.5. The lowest BCUT2D eigenvalue weighted by molar-refractivity contribution is 0.161. The Morgan fingerprint density at radius 2 is 1.95 bits per heavy atom. The maximum atomic E-state index is 15.2. The maximum absolute atomic E-state index is 15.2. The van der Waals surface area contributed by atoms with E-state index in [4.69, 9.17) is 0 Å². The Hall–Kier alpha value is -2.89. The van der Waals surface area contributed by atoms with Crippen molar-refractivity contribution in [1.82, 2.24) is 24.6 Å². The van der Waals surface area contributed by atoms with E-state index in [9.17, 15) is 13.5 Å². The summed E-state index contributed by atoms with van der Waals surface area (Å²) in [6, 6.07) is 5.61. The fourth-order valence-corrected chi connectivity index (χ4v) is 5.69. The van der Waals surface area contributed by atoms with Crippen LogP contribution in [0.15, 0.2) is 35.6 Å². The molecule has 2 aromatic heterocycles. The van der Waals surface area contributed by atoms with E-state index in [1.165, 1.54) is 6.07 Å². The molecular weight excluding hydrogens is 507 g/mol. The van der Waals surface area contributed by atoms with Crippen molar-refractivity contribution >= 4 is 15.5 Å². The average molecular weight is 545 g/mol.